The van der Waals surface area contributed by atoms with Crippen LogP contribution in [0.5, 0.6) is 0 Å². The van der Waals surface area contributed by atoms with E-state index in [0.29, 0.717) is 12.8 Å². The predicted octanol–water partition coefficient (Wildman–Crippen LogP) is 2.43. The molecule has 5 unspecified atom stereocenters. The molecule has 3 bridgehead atoms. The molecule has 4 saturated carbocycles. The van der Waals surface area contributed by atoms with Crippen molar-refractivity contribution in [1.29, 1.82) is 0 Å². The van der Waals surface area contributed by atoms with E-state index in [2.05, 4.69) is 4.74 Å². The number of carbonyl (C=O) groups excluding carboxylic acids is 2. The Hall–Kier alpha value is -1.37. The van der Waals surface area contributed by atoms with Gasteiger partial charge in [-0.15, -0.1) is 0 Å². The minimum Gasteiger partial charge on any atom is -0.457 e. The topological polar surface area (TPSA) is 97.7 Å². The molecule has 0 aromatic heterocycles. The number of fused-ring (bicyclic) bond motifs is 2. The fraction of sp³-hybridized carbons (Fsp3) is 0.867. The number of hydrogen-bond donors (Lipinski definition) is 1. The number of ketones is 1. The maximum Gasteiger partial charge on any atom is 0.430 e. The Labute approximate surface area is 154 Å². The molecule has 0 amide bonds. The van der Waals surface area contributed by atoms with E-state index in [1.807, 2.05) is 0 Å². The van der Waals surface area contributed by atoms with Crippen molar-refractivity contribution in [2.24, 2.45) is 23.2 Å². The minimum atomic E-state index is -7.03. The Balaban J connectivity index is 1.76. The summed E-state index contributed by atoms with van der Waals surface area (Å²) in [6, 6.07) is 0. The molecule has 4 rings (SSSR count). The largest absolute Gasteiger partial charge is 0.457 e. The summed E-state index contributed by atoms with van der Waals surface area (Å²) in [7, 11) is -7.03. The lowest BCUT2D eigenvalue weighted by Gasteiger charge is -2.47. The van der Waals surface area contributed by atoms with Gasteiger partial charge in [-0.1, -0.05) is 0 Å². The number of hydrogen-bond acceptors (Lipinski definition) is 5. The van der Waals surface area contributed by atoms with Crippen LogP contribution >= 0.6 is 0 Å². The molecule has 0 heterocycles. The Kier molecular flexibility index (Phi) is 3.58. The second kappa shape index (κ2) is 5.02. The third kappa shape index (κ3) is 2.06. The third-order valence-electron chi connectivity index (χ3n) is 7.07. The van der Waals surface area contributed by atoms with Gasteiger partial charge in [-0.3, -0.25) is 9.35 Å². The van der Waals surface area contributed by atoms with E-state index in [9.17, 15) is 44.3 Å². The van der Waals surface area contributed by atoms with Gasteiger partial charge in [0.2, 0.25) is 0 Å². The lowest BCUT2D eigenvalue weighted by atomic mass is 9.56. The first kappa shape index (κ1) is 19.9. The van der Waals surface area contributed by atoms with E-state index < -0.39 is 50.1 Å². The Morgan fingerprint density at radius 3 is 2.14 bits per heavy atom. The van der Waals surface area contributed by atoms with Crippen molar-refractivity contribution < 1.29 is 53.6 Å². The summed E-state index contributed by atoms with van der Waals surface area (Å²) >= 11 is 0. The van der Waals surface area contributed by atoms with Gasteiger partial charge < -0.3 is 4.74 Å². The summed E-state index contributed by atoms with van der Waals surface area (Å²) in [4.78, 5) is 24.5. The Morgan fingerprint density at radius 1 is 1.07 bits per heavy atom. The molecule has 0 aliphatic heterocycles. The molecular formula is C15H14F6O6S. The maximum absolute atomic E-state index is 13.3. The van der Waals surface area contributed by atoms with E-state index in [1.54, 1.807) is 0 Å². The molecular weight excluding hydrogens is 422 g/mol. The number of rotatable bonds is 3. The number of ether oxygens (including phenoxy) is 1. The first-order valence-electron chi connectivity index (χ1n) is 8.38. The summed E-state index contributed by atoms with van der Waals surface area (Å²) in [5.41, 5.74) is -2.38. The number of alkyl halides is 6. The zero-order chi connectivity index (χ0) is 21.1. The first-order valence-corrected chi connectivity index (χ1v) is 9.82. The average Bonchev–Trinajstić information content (AvgIpc) is 2.69. The third-order valence-corrected chi connectivity index (χ3v) is 8.47. The molecule has 0 radical (unpaired) electrons. The van der Waals surface area contributed by atoms with Gasteiger partial charge in [-0.2, -0.15) is 34.8 Å². The van der Waals surface area contributed by atoms with Gasteiger partial charge in [0.15, 0.2) is 0 Å². The fourth-order valence-electron chi connectivity index (χ4n) is 6.13. The highest BCUT2D eigenvalue weighted by atomic mass is 32.2. The van der Waals surface area contributed by atoms with Gasteiger partial charge >= 0.3 is 33.2 Å². The molecule has 0 aromatic carbocycles. The maximum atomic E-state index is 13.3. The Morgan fingerprint density at radius 2 is 1.64 bits per heavy atom. The SMILES string of the molecule is O=C1C2CC3(OC(=O)C(C(F)(F)F)(C(F)(F)F)S(=O)(=O)O)CC4CC1C4(C2)C3. The van der Waals surface area contributed by atoms with Crippen molar-refractivity contribution in [3.63, 3.8) is 0 Å². The van der Waals surface area contributed by atoms with Gasteiger partial charge in [-0.25, -0.2) is 4.79 Å². The van der Waals surface area contributed by atoms with Crippen LogP contribution in [0.15, 0.2) is 0 Å². The lowest BCUT2D eigenvalue weighted by molar-refractivity contribution is -0.273. The standard InChI is InChI=1S/C15H14F6O6S/c16-14(17,18)13(15(19,20)21,28(24,25)26)10(23)27-11-2-6-3-12(5-11)7(4-11)1-8(12)9(6)22/h6-8H,1-5H2,(H,24,25,26). The van der Waals surface area contributed by atoms with Crippen LogP contribution < -0.4 is 0 Å². The quantitative estimate of drug-likeness (QED) is 0.415. The van der Waals surface area contributed by atoms with E-state index >= 15 is 0 Å². The summed E-state index contributed by atoms with van der Waals surface area (Å²) < 4.78 is 110. The van der Waals surface area contributed by atoms with E-state index in [1.165, 1.54) is 0 Å². The molecule has 6 nitrogen and oxygen atoms in total. The molecule has 4 aliphatic carbocycles. The van der Waals surface area contributed by atoms with E-state index in [0.717, 1.165) is 0 Å². The lowest BCUT2D eigenvalue weighted by Crippen LogP contribution is -2.68. The second-order valence-electron chi connectivity index (χ2n) is 8.33. The highest BCUT2D eigenvalue weighted by molar-refractivity contribution is 7.88. The van der Waals surface area contributed by atoms with E-state index in [4.69, 9.17) is 4.55 Å². The van der Waals surface area contributed by atoms with E-state index in [-0.39, 0.29) is 36.9 Å². The van der Waals surface area contributed by atoms with Crippen LogP contribution in [-0.2, 0) is 24.4 Å². The second-order valence-corrected chi connectivity index (χ2v) is 9.89. The van der Waals surface area contributed by atoms with Crippen LogP contribution in [0, 0.1) is 23.2 Å². The number of carbonyl (C=O) groups is 2. The van der Waals surface area contributed by atoms with Gasteiger partial charge in [0.1, 0.15) is 11.4 Å². The van der Waals surface area contributed by atoms with Crippen LogP contribution in [0.1, 0.15) is 32.1 Å². The molecule has 5 atom stereocenters. The molecule has 1 N–H and O–H groups in total. The van der Waals surface area contributed by atoms with Crippen LogP contribution in [-0.4, -0.2) is 47.4 Å². The molecule has 1 spiro atoms. The molecule has 4 fully saturated rings. The van der Waals surface area contributed by atoms with Crippen LogP contribution in [0.4, 0.5) is 26.3 Å². The normalized spacial score (nSPS) is 39.7. The van der Waals surface area contributed by atoms with Crippen LogP contribution in [0.2, 0.25) is 0 Å². The average molecular weight is 436 g/mol. The minimum absolute atomic E-state index is 0.0315. The van der Waals surface area contributed by atoms with Crippen molar-refractivity contribution in [3.8, 4) is 0 Å². The van der Waals surface area contributed by atoms with Gasteiger partial charge in [0.05, 0.1) is 0 Å². The number of halogens is 6. The molecule has 158 valence electrons. The molecule has 4 aliphatic rings. The molecule has 13 heteroatoms. The van der Waals surface area contributed by atoms with Gasteiger partial charge in [-0.05, 0) is 43.4 Å². The predicted molar refractivity (Wildman–Crippen MR) is 76.2 cm³/mol. The highest BCUT2D eigenvalue weighted by Crippen LogP contribution is 2.76. The number of esters is 1. The highest BCUT2D eigenvalue weighted by Gasteiger charge is 2.86. The van der Waals surface area contributed by atoms with Gasteiger partial charge in [0.25, 0.3) is 0 Å². The van der Waals surface area contributed by atoms with Crippen molar-refractivity contribution in [1.82, 2.24) is 0 Å². The number of Topliss-reactive ketones (excluding diaryl/α,β-unsaturated/α-hetero) is 1. The van der Waals surface area contributed by atoms with Crippen molar-refractivity contribution >= 4 is 21.9 Å². The fourth-order valence-corrected chi connectivity index (χ4v) is 6.97. The summed E-state index contributed by atoms with van der Waals surface area (Å²) in [5.74, 6) is -4.43. The first-order chi connectivity index (χ1) is 12.5. The van der Waals surface area contributed by atoms with Crippen LogP contribution in [0.25, 0.3) is 0 Å². The smallest absolute Gasteiger partial charge is 0.430 e. The summed E-state index contributed by atoms with van der Waals surface area (Å²) in [6.45, 7) is 0. The van der Waals surface area contributed by atoms with Crippen molar-refractivity contribution in [2.45, 2.75) is 54.8 Å². The Bertz CT molecular complexity index is 864. The summed E-state index contributed by atoms with van der Waals surface area (Å²) in [6.07, 6.45) is -12.9. The zero-order valence-corrected chi connectivity index (χ0v) is 14.7. The zero-order valence-electron chi connectivity index (χ0n) is 13.9. The molecule has 0 aromatic rings. The van der Waals surface area contributed by atoms with Crippen LogP contribution in [0.3, 0.4) is 0 Å². The summed E-state index contributed by atoms with van der Waals surface area (Å²) in [5, 5.41) is 0. The monoisotopic (exact) mass is 436 g/mol. The van der Waals surface area contributed by atoms with Crippen molar-refractivity contribution in [2.75, 3.05) is 0 Å². The van der Waals surface area contributed by atoms with Crippen molar-refractivity contribution in [3.05, 3.63) is 0 Å². The molecule has 28 heavy (non-hydrogen) atoms. The molecule has 0 saturated heterocycles. The van der Waals surface area contributed by atoms with Gasteiger partial charge in [0, 0.05) is 11.8 Å².